The van der Waals surface area contributed by atoms with E-state index in [1.807, 2.05) is 19.2 Å². The molecule has 1 aromatic rings. The van der Waals surface area contributed by atoms with Crippen molar-refractivity contribution in [1.82, 2.24) is 5.32 Å². The van der Waals surface area contributed by atoms with Crippen molar-refractivity contribution in [2.45, 2.75) is 45.1 Å². The summed E-state index contributed by atoms with van der Waals surface area (Å²) in [6.07, 6.45) is 6.05. The summed E-state index contributed by atoms with van der Waals surface area (Å²) < 4.78 is 16.0. The summed E-state index contributed by atoms with van der Waals surface area (Å²) in [6.45, 7) is 3.00. The molecule has 2 atom stereocenters. The van der Waals surface area contributed by atoms with E-state index in [0.29, 0.717) is 31.8 Å². The number of ether oxygens (including phenoxy) is 3. The normalized spacial score (nSPS) is 20.4. The topological polar surface area (TPSA) is 56.8 Å². The van der Waals surface area contributed by atoms with Crippen molar-refractivity contribution in [1.29, 1.82) is 0 Å². The van der Waals surface area contributed by atoms with Crippen LogP contribution in [0.2, 0.25) is 0 Å². The molecule has 134 valence electrons. The van der Waals surface area contributed by atoms with Crippen LogP contribution < -0.4 is 10.1 Å². The van der Waals surface area contributed by atoms with E-state index in [1.54, 1.807) is 6.92 Å². The molecule has 0 aromatic heterocycles. The lowest BCUT2D eigenvalue weighted by Gasteiger charge is -2.30. The molecule has 24 heavy (non-hydrogen) atoms. The molecule has 2 rings (SSSR count). The highest BCUT2D eigenvalue weighted by Crippen LogP contribution is 2.29. The van der Waals surface area contributed by atoms with Crippen molar-refractivity contribution < 1.29 is 19.0 Å². The van der Waals surface area contributed by atoms with Gasteiger partial charge in [-0.3, -0.25) is 0 Å². The number of hydrogen-bond donors (Lipinski definition) is 1. The van der Waals surface area contributed by atoms with Crippen molar-refractivity contribution >= 4 is 6.09 Å². The molecular formula is C19H29NO4. The zero-order chi connectivity index (χ0) is 17.2. The van der Waals surface area contributed by atoms with Gasteiger partial charge in [0.05, 0.1) is 19.3 Å². The van der Waals surface area contributed by atoms with Crippen LogP contribution in [-0.2, 0) is 15.9 Å². The first kappa shape index (κ1) is 18.6. The van der Waals surface area contributed by atoms with Gasteiger partial charge in [0.15, 0.2) is 0 Å². The van der Waals surface area contributed by atoms with Gasteiger partial charge < -0.3 is 19.5 Å². The van der Waals surface area contributed by atoms with Crippen molar-refractivity contribution in [2.75, 3.05) is 26.9 Å². The van der Waals surface area contributed by atoms with E-state index in [4.69, 9.17) is 14.2 Å². The smallest absolute Gasteiger partial charge is 0.407 e. The summed E-state index contributed by atoms with van der Waals surface area (Å²) in [5.74, 6) is 1.43. The maximum absolute atomic E-state index is 11.1. The highest BCUT2D eigenvalue weighted by atomic mass is 16.5. The fourth-order valence-electron chi connectivity index (χ4n) is 3.25. The van der Waals surface area contributed by atoms with Crippen LogP contribution in [0.3, 0.4) is 0 Å². The molecule has 1 aliphatic rings. The number of benzene rings is 1. The molecule has 5 nitrogen and oxygen atoms in total. The molecular weight excluding hydrogens is 306 g/mol. The van der Waals surface area contributed by atoms with Gasteiger partial charge in [-0.25, -0.2) is 4.79 Å². The van der Waals surface area contributed by atoms with Crippen molar-refractivity contribution in [3.63, 3.8) is 0 Å². The number of methoxy groups -OCH3 is 1. The zero-order valence-electron chi connectivity index (χ0n) is 14.8. The Balaban J connectivity index is 1.73. The average molecular weight is 335 g/mol. The number of alkyl carbamates (subject to hydrolysis) is 1. The van der Waals surface area contributed by atoms with Gasteiger partial charge >= 0.3 is 6.09 Å². The summed E-state index contributed by atoms with van der Waals surface area (Å²) in [4.78, 5) is 11.1. The van der Waals surface area contributed by atoms with Crippen LogP contribution in [0.5, 0.6) is 5.75 Å². The quantitative estimate of drug-likeness (QED) is 0.738. The van der Waals surface area contributed by atoms with Crippen LogP contribution in [0.4, 0.5) is 4.79 Å². The van der Waals surface area contributed by atoms with E-state index in [2.05, 4.69) is 17.4 Å². The van der Waals surface area contributed by atoms with Gasteiger partial charge in [0.2, 0.25) is 0 Å². The predicted molar refractivity (Wildman–Crippen MR) is 93.4 cm³/mol. The van der Waals surface area contributed by atoms with Gasteiger partial charge in [-0.2, -0.15) is 0 Å². The van der Waals surface area contributed by atoms with E-state index < -0.39 is 6.09 Å². The largest absolute Gasteiger partial charge is 0.492 e. The number of rotatable bonds is 8. The molecule has 1 amide bonds. The molecule has 1 fully saturated rings. The van der Waals surface area contributed by atoms with E-state index >= 15 is 0 Å². The molecule has 1 N–H and O–H groups in total. The van der Waals surface area contributed by atoms with Gasteiger partial charge in [0, 0.05) is 7.11 Å². The van der Waals surface area contributed by atoms with Crippen LogP contribution in [0.15, 0.2) is 24.3 Å². The highest BCUT2D eigenvalue weighted by Gasteiger charge is 2.24. The standard InChI is InChI=1S/C19H29NO4/c1-3-23-19(21)20-12-13-24-17-10-8-15(9-11-17)14-16-6-4-5-7-18(16)22-2/h8-11,16,18H,3-7,12-14H2,1-2H3,(H,20,21)/t16-,18+/m0/s1. The monoisotopic (exact) mass is 335 g/mol. The van der Waals surface area contributed by atoms with Crippen LogP contribution in [0.1, 0.15) is 38.2 Å². The minimum atomic E-state index is -0.406. The number of carbonyl (C=O) groups excluding carboxylic acids is 1. The van der Waals surface area contributed by atoms with Crippen LogP contribution in [-0.4, -0.2) is 39.1 Å². The number of carbonyl (C=O) groups is 1. The van der Waals surface area contributed by atoms with Crippen LogP contribution in [0.25, 0.3) is 0 Å². The molecule has 0 bridgehead atoms. The summed E-state index contributed by atoms with van der Waals surface area (Å²) >= 11 is 0. The first-order valence-corrected chi connectivity index (χ1v) is 8.88. The molecule has 0 unspecified atom stereocenters. The van der Waals surface area contributed by atoms with E-state index in [-0.39, 0.29) is 0 Å². The molecule has 1 aromatic carbocycles. The molecule has 0 saturated heterocycles. The lowest BCUT2D eigenvalue weighted by atomic mass is 9.82. The van der Waals surface area contributed by atoms with Gasteiger partial charge in [-0.1, -0.05) is 25.0 Å². The molecule has 1 aliphatic carbocycles. The SMILES string of the molecule is CCOC(=O)NCCOc1ccc(C[C@@H]2CCCC[C@H]2OC)cc1. The molecule has 5 heteroatoms. The van der Waals surface area contributed by atoms with Crippen LogP contribution >= 0.6 is 0 Å². The maximum Gasteiger partial charge on any atom is 0.407 e. The third-order valence-corrected chi connectivity index (χ3v) is 4.48. The van der Waals surface area contributed by atoms with Crippen molar-refractivity contribution in [2.24, 2.45) is 5.92 Å². The Bertz CT molecular complexity index is 489. The molecule has 0 aliphatic heterocycles. The Kier molecular flexibility index (Phi) is 7.89. The van der Waals surface area contributed by atoms with Gasteiger partial charge in [-0.15, -0.1) is 0 Å². The Morgan fingerprint density at radius 3 is 2.67 bits per heavy atom. The second-order valence-corrected chi connectivity index (χ2v) is 6.16. The third-order valence-electron chi connectivity index (χ3n) is 4.48. The first-order chi connectivity index (χ1) is 11.7. The first-order valence-electron chi connectivity index (χ1n) is 8.88. The Morgan fingerprint density at radius 1 is 1.21 bits per heavy atom. The maximum atomic E-state index is 11.1. The number of nitrogens with one attached hydrogen (secondary N) is 1. The molecule has 0 heterocycles. The summed E-state index contributed by atoms with van der Waals surface area (Å²) in [7, 11) is 1.82. The lowest BCUT2D eigenvalue weighted by molar-refractivity contribution is 0.0239. The van der Waals surface area contributed by atoms with Crippen molar-refractivity contribution in [3.05, 3.63) is 29.8 Å². The van der Waals surface area contributed by atoms with Gasteiger partial charge in [0.25, 0.3) is 0 Å². The Morgan fingerprint density at radius 2 is 1.96 bits per heavy atom. The average Bonchev–Trinajstić information content (AvgIpc) is 2.61. The minimum Gasteiger partial charge on any atom is -0.492 e. The fraction of sp³-hybridized carbons (Fsp3) is 0.632. The molecule has 0 radical (unpaired) electrons. The fourth-order valence-corrected chi connectivity index (χ4v) is 3.25. The lowest BCUT2D eigenvalue weighted by Crippen LogP contribution is -2.28. The second-order valence-electron chi connectivity index (χ2n) is 6.16. The molecule has 0 spiro atoms. The van der Waals surface area contributed by atoms with Crippen LogP contribution in [0, 0.1) is 5.92 Å². The number of hydrogen-bond acceptors (Lipinski definition) is 4. The van der Waals surface area contributed by atoms with E-state index in [9.17, 15) is 4.79 Å². The molecule has 1 saturated carbocycles. The third kappa shape index (κ3) is 6.04. The second kappa shape index (κ2) is 10.2. The summed E-state index contributed by atoms with van der Waals surface area (Å²) in [5.41, 5.74) is 1.32. The van der Waals surface area contributed by atoms with Gasteiger partial charge in [0.1, 0.15) is 12.4 Å². The van der Waals surface area contributed by atoms with Crippen molar-refractivity contribution in [3.8, 4) is 5.75 Å². The Labute approximate surface area is 144 Å². The van der Waals surface area contributed by atoms with Gasteiger partial charge in [-0.05, 0) is 49.8 Å². The summed E-state index contributed by atoms with van der Waals surface area (Å²) in [5, 5.41) is 2.63. The zero-order valence-corrected chi connectivity index (χ0v) is 14.8. The van der Waals surface area contributed by atoms with E-state index in [1.165, 1.54) is 31.2 Å². The minimum absolute atomic E-state index is 0.374. The summed E-state index contributed by atoms with van der Waals surface area (Å²) in [6, 6.07) is 8.22. The van der Waals surface area contributed by atoms with E-state index in [0.717, 1.165) is 12.2 Å². The predicted octanol–water partition coefficient (Wildman–Crippen LogP) is 3.56. The Hall–Kier alpha value is -1.75. The number of amides is 1. The highest BCUT2D eigenvalue weighted by molar-refractivity contribution is 5.66.